The first-order valence-electron chi connectivity index (χ1n) is 5.07. The van der Waals surface area contributed by atoms with E-state index in [1.54, 1.807) is 12.1 Å². The van der Waals surface area contributed by atoms with Gasteiger partial charge in [0.05, 0.1) is 0 Å². The van der Waals surface area contributed by atoms with Crippen molar-refractivity contribution in [1.29, 1.82) is 0 Å². The highest BCUT2D eigenvalue weighted by atomic mass is 35.5. The molecule has 0 saturated heterocycles. The average molecular weight is 250 g/mol. The van der Waals surface area contributed by atoms with Crippen LogP contribution >= 0.6 is 11.6 Å². The Bertz CT molecular complexity index is 505. The molecule has 1 atom stereocenters. The molecule has 1 aromatic heterocycles. The molecule has 1 aromatic carbocycles. The number of halogens is 1. The summed E-state index contributed by atoms with van der Waals surface area (Å²) in [5.41, 5.74) is 6.63. The standard InChI is InChI=1S/C12H12ClN3O/c13-10-5-3-9(4-6-10)11(12(14)15-17)16-7-1-2-8-16/h1-8,11,17H,(H2,14,15)/t11-/m1/s1. The number of nitrogens with two attached hydrogens (primary N) is 1. The minimum absolute atomic E-state index is 0.128. The van der Waals surface area contributed by atoms with Crippen molar-refractivity contribution in [2.45, 2.75) is 6.04 Å². The molecule has 4 nitrogen and oxygen atoms in total. The number of amidine groups is 1. The fourth-order valence-corrected chi connectivity index (χ4v) is 1.84. The van der Waals surface area contributed by atoms with Crippen LogP contribution in [0.1, 0.15) is 11.6 Å². The first-order valence-corrected chi connectivity index (χ1v) is 5.45. The second kappa shape index (κ2) is 4.93. The third kappa shape index (κ3) is 2.42. The van der Waals surface area contributed by atoms with Crippen LogP contribution in [-0.4, -0.2) is 15.6 Å². The first-order chi connectivity index (χ1) is 8.22. The highest BCUT2D eigenvalue weighted by Crippen LogP contribution is 2.21. The minimum Gasteiger partial charge on any atom is -0.409 e. The minimum atomic E-state index is -0.327. The number of oxime groups is 1. The molecule has 3 N–H and O–H groups in total. The molecule has 2 aromatic rings. The van der Waals surface area contributed by atoms with Crippen molar-refractivity contribution in [2.75, 3.05) is 0 Å². The zero-order valence-corrected chi connectivity index (χ0v) is 9.75. The molecular weight excluding hydrogens is 238 g/mol. The van der Waals surface area contributed by atoms with Gasteiger partial charge in [0.1, 0.15) is 6.04 Å². The summed E-state index contributed by atoms with van der Waals surface area (Å²) in [5.74, 6) is 0.128. The van der Waals surface area contributed by atoms with Gasteiger partial charge in [0.2, 0.25) is 0 Å². The van der Waals surface area contributed by atoms with Crippen LogP contribution in [0.15, 0.2) is 53.9 Å². The summed E-state index contributed by atoms with van der Waals surface area (Å²) >= 11 is 5.84. The van der Waals surface area contributed by atoms with E-state index in [2.05, 4.69) is 5.16 Å². The van der Waals surface area contributed by atoms with Crippen molar-refractivity contribution >= 4 is 17.4 Å². The molecule has 0 bridgehead atoms. The van der Waals surface area contributed by atoms with Crippen LogP contribution in [0.3, 0.4) is 0 Å². The molecular formula is C12H12ClN3O. The maximum Gasteiger partial charge on any atom is 0.166 e. The maximum absolute atomic E-state index is 8.84. The van der Waals surface area contributed by atoms with E-state index >= 15 is 0 Å². The van der Waals surface area contributed by atoms with Gasteiger partial charge in [-0.2, -0.15) is 0 Å². The summed E-state index contributed by atoms with van der Waals surface area (Å²) < 4.78 is 1.86. The number of benzene rings is 1. The van der Waals surface area contributed by atoms with E-state index in [0.717, 1.165) is 5.56 Å². The lowest BCUT2D eigenvalue weighted by Gasteiger charge is -2.18. The van der Waals surface area contributed by atoms with E-state index in [-0.39, 0.29) is 11.9 Å². The maximum atomic E-state index is 8.84. The van der Waals surface area contributed by atoms with Crippen molar-refractivity contribution in [3.63, 3.8) is 0 Å². The normalized spacial score (nSPS) is 13.6. The number of hydrogen-bond acceptors (Lipinski definition) is 2. The third-order valence-corrected chi connectivity index (χ3v) is 2.76. The summed E-state index contributed by atoms with van der Waals surface area (Å²) in [5, 5.41) is 12.6. The Kier molecular flexibility index (Phi) is 3.35. The largest absolute Gasteiger partial charge is 0.409 e. The Balaban J connectivity index is 2.44. The van der Waals surface area contributed by atoms with E-state index in [1.807, 2.05) is 41.2 Å². The van der Waals surface area contributed by atoms with Crippen LogP contribution in [0.4, 0.5) is 0 Å². The molecule has 0 aliphatic carbocycles. The smallest absolute Gasteiger partial charge is 0.166 e. The molecule has 5 heteroatoms. The van der Waals surface area contributed by atoms with Crippen LogP contribution in [0.5, 0.6) is 0 Å². The van der Waals surface area contributed by atoms with Gasteiger partial charge in [-0.15, -0.1) is 0 Å². The van der Waals surface area contributed by atoms with E-state index < -0.39 is 0 Å². The van der Waals surface area contributed by atoms with Gasteiger partial charge in [-0.3, -0.25) is 0 Å². The molecule has 0 unspecified atom stereocenters. The number of aromatic nitrogens is 1. The van der Waals surface area contributed by atoms with E-state index in [1.165, 1.54) is 0 Å². The van der Waals surface area contributed by atoms with Crippen LogP contribution in [0, 0.1) is 0 Å². The van der Waals surface area contributed by atoms with Gasteiger partial charge in [0, 0.05) is 17.4 Å². The highest BCUT2D eigenvalue weighted by Gasteiger charge is 2.17. The Morgan fingerprint density at radius 2 is 1.82 bits per heavy atom. The number of rotatable bonds is 3. The van der Waals surface area contributed by atoms with Gasteiger partial charge in [-0.25, -0.2) is 0 Å². The van der Waals surface area contributed by atoms with Gasteiger partial charge < -0.3 is 15.5 Å². The highest BCUT2D eigenvalue weighted by molar-refractivity contribution is 6.30. The van der Waals surface area contributed by atoms with Crippen LogP contribution in [0.25, 0.3) is 0 Å². The van der Waals surface area contributed by atoms with Gasteiger partial charge in [-0.05, 0) is 29.8 Å². The fourth-order valence-electron chi connectivity index (χ4n) is 1.72. The zero-order valence-electron chi connectivity index (χ0n) is 8.99. The summed E-state index contributed by atoms with van der Waals surface area (Å²) in [7, 11) is 0. The second-order valence-electron chi connectivity index (χ2n) is 3.61. The number of hydrogen-bond donors (Lipinski definition) is 2. The Hall–Kier alpha value is -1.94. The second-order valence-corrected chi connectivity index (χ2v) is 4.05. The lowest BCUT2D eigenvalue weighted by molar-refractivity contribution is 0.315. The van der Waals surface area contributed by atoms with Crippen LogP contribution < -0.4 is 5.73 Å². The number of nitrogens with zero attached hydrogens (tertiary/aromatic N) is 2. The van der Waals surface area contributed by atoms with Crippen molar-refractivity contribution in [2.24, 2.45) is 10.9 Å². The van der Waals surface area contributed by atoms with E-state index in [0.29, 0.717) is 5.02 Å². The predicted octanol–water partition coefficient (Wildman–Crippen LogP) is 2.48. The summed E-state index contributed by atoms with van der Waals surface area (Å²) in [6.45, 7) is 0. The van der Waals surface area contributed by atoms with Gasteiger partial charge in [-0.1, -0.05) is 28.9 Å². The lowest BCUT2D eigenvalue weighted by Crippen LogP contribution is -2.27. The Morgan fingerprint density at radius 1 is 1.24 bits per heavy atom. The molecule has 0 saturated carbocycles. The van der Waals surface area contributed by atoms with Crippen LogP contribution in [-0.2, 0) is 0 Å². The molecule has 0 fully saturated rings. The third-order valence-electron chi connectivity index (χ3n) is 2.51. The Labute approximate surface area is 104 Å². The van der Waals surface area contributed by atoms with E-state index in [4.69, 9.17) is 22.5 Å². The topological polar surface area (TPSA) is 63.5 Å². The van der Waals surface area contributed by atoms with Gasteiger partial charge in [0.15, 0.2) is 5.84 Å². The summed E-state index contributed by atoms with van der Waals surface area (Å²) in [6.07, 6.45) is 3.72. The van der Waals surface area contributed by atoms with Crippen molar-refractivity contribution in [3.05, 3.63) is 59.4 Å². The molecule has 1 heterocycles. The Morgan fingerprint density at radius 3 is 2.35 bits per heavy atom. The SMILES string of the molecule is NC(=NO)[C@@H](c1ccc(Cl)cc1)n1cccc1. The van der Waals surface area contributed by atoms with Gasteiger partial charge >= 0.3 is 0 Å². The molecule has 2 rings (SSSR count). The molecule has 88 valence electrons. The monoisotopic (exact) mass is 249 g/mol. The molecule has 0 amide bonds. The molecule has 17 heavy (non-hydrogen) atoms. The summed E-state index contributed by atoms with van der Waals surface area (Å²) in [6, 6.07) is 10.7. The van der Waals surface area contributed by atoms with Crippen molar-refractivity contribution < 1.29 is 5.21 Å². The van der Waals surface area contributed by atoms with Crippen LogP contribution in [0.2, 0.25) is 5.02 Å². The zero-order chi connectivity index (χ0) is 12.3. The summed E-state index contributed by atoms with van der Waals surface area (Å²) in [4.78, 5) is 0. The lowest BCUT2D eigenvalue weighted by atomic mass is 10.1. The quantitative estimate of drug-likeness (QED) is 0.380. The fraction of sp³-hybridized carbons (Fsp3) is 0.0833. The molecule has 0 spiro atoms. The first kappa shape index (κ1) is 11.5. The van der Waals surface area contributed by atoms with Crippen molar-refractivity contribution in [3.8, 4) is 0 Å². The average Bonchev–Trinajstić information content (AvgIpc) is 2.85. The molecule has 0 aliphatic heterocycles. The molecule has 0 radical (unpaired) electrons. The van der Waals surface area contributed by atoms with E-state index in [9.17, 15) is 0 Å². The predicted molar refractivity (Wildman–Crippen MR) is 67.4 cm³/mol. The van der Waals surface area contributed by atoms with Gasteiger partial charge in [0.25, 0.3) is 0 Å². The van der Waals surface area contributed by atoms with Crippen molar-refractivity contribution in [1.82, 2.24) is 4.57 Å². The molecule has 0 aliphatic rings.